The predicted octanol–water partition coefficient (Wildman–Crippen LogP) is 0.242. The van der Waals surface area contributed by atoms with Crippen LogP contribution in [0.5, 0.6) is 0 Å². The summed E-state index contributed by atoms with van der Waals surface area (Å²) in [7, 11) is 0. The highest BCUT2D eigenvalue weighted by Gasteiger charge is 2.31. The summed E-state index contributed by atoms with van der Waals surface area (Å²) in [6, 6.07) is 0.874. The molecule has 17 heavy (non-hydrogen) atoms. The van der Waals surface area contributed by atoms with Gasteiger partial charge in [0, 0.05) is 38.8 Å². The Balaban J connectivity index is 1.82. The average Bonchev–Trinajstić information content (AvgIpc) is 3.14. The molecule has 1 saturated heterocycles. The molecular weight excluding hydrogens is 214 g/mol. The largest absolute Gasteiger partial charge is 0.339 e. The number of hydrazine groups is 1. The van der Waals surface area contributed by atoms with Gasteiger partial charge in [0.05, 0.1) is 0 Å². The molecule has 5 nitrogen and oxygen atoms in total. The Bertz CT molecular complexity index is 264. The molecule has 0 radical (unpaired) electrons. The third-order valence-electron chi connectivity index (χ3n) is 3.41. The summed E-state index contributed by atoms with van der Waals surface area (Å²) in [6.45, 7) is 9.54. The van der Waals surface area contributed by atoms with E-state index in [9.17, 15) is 0 Å². The lowest BCUT2D eigenvalue weighted by molar-refractivity contribution is 0.171. The van der Waals surface area contributed by atoms with Gasteiger partial charge in [0.15, 0.2) is 0 Å². The van der Waals surface area contributed by atoms with E-state index in [1.807, 2.05) is 0 Å². The minimum Gasteiger partial charge on any atom is -0.339 e. The number of aliphatic imine (C=N–C) groups is 1. The molecular formula is C12H25N5. The first-order valence-electron chi connectivity index (χ1n) is 6.70. The van der Waals surface area contributed by atoms with E-state index in [1.165, 1.54) is 12.8 Å². The second-order valence-corrected chi connectivity index (χ2v) is 5.46. The fraction of sp³-hybridized carbons (Fsp3) is 0.917. The smallest absolute Gasteiger partial charge is 0.208 e. The Morgan fingerprint density at radius 1 is 1.29 bits per heavy atom. The van der Waals surface area contributed by atoms with Crippen molar-refractivity contribution in [3.63, 3.8) is 0 Å². The van der Waals surface area contributed by atoms with Gasteiger partial charge in [-0.1, -0.05) is 13.8 Å². The van der Waals surface area contributed by atoms with Gasteiger partial charge in [0.2, 0.25) is 5.96 Å². The number of nitrogens with two attached hydrogens (primary N) is 1. The van der Waals surface area contributed by atoms with E-state index in [2.05, 4.69) is 34.1 Å². The maximum atomic E-state index is 5.56. The Labute approximate surface area is 104 Å². The van der Waals surface area contributed by atoms with E-state index >= 15 is 0 Å². The molecule has 2 fully saturated rings. The maximum absolute atomic E-state index is 5.56. The molecule has 2 rings (SSSR count). The second kappa shape index (κ2) is 5.69. The minimum absolute atomic E-state index is 0.575. The molecule has 0 spiro atoms. The molecule has 1 saturated carbocycles. The molecule has 1 heterocycles. The molecule has 0 unspecified atom stereocenters. The van der Waals surface area contributed by atoms with Gasteiger partial charge in [0.1, 0.15) is 0 Å². The van der Waals surface area contributed by atoms with Crippen molar-refractivity contribution in [1.29, 1.82) is 0 Å². The van der Waals surface area contributed by atoms with Gasteiger partial charge in [-0.05, 0) is 18.8 Å². The fourth-order valence-corrected chi connectivity index (χ4v) is 2.24. The zero-order chi connectivity index (χ0) is 12.3. The average molecular weight is 239 g/mol. The number of nitrogens with one attached hydrogen (secondary N) is 1. The lowest BCUT2D eigenvalue weighted by Crippen LogP contribution is -2.54. The highest BCUT2D eigenvalue weighted by atomic mass is 15.4. The number of hydrogen-bond acceptors (Lipinski definition) is 3. The molecule has 0 aromatic rings. The van der Waals surface area contributed by atoms with E-state index in [-0.39, 0.29) is 0 Å². The first-order valence-corrected chi connectivity index (χ1v) is 6.70. The molecule has 0 atom stereocenters. The standard InChI is InChI=1S/C12H25N5/c1-10(2)9-14-12(15-13)17-7-5-16(6-8-17)11-3-4-11/h10-11H,3-9,13H2,1-2H3,(H,14,15). The van der Waals surface area contributed by atoms with Crippen LogP contribution in [-0.4, -0.2) is 54.5 Å². The Morgan fingerprint density at radius 3 is 2.41 bits per heavy atom. The van der Waals surface area contributed by atoms with Crippen molar-refractivity contribution in [3.05, 3.63) is 0 Å². The van der Waals surface area contributed by atoms with E-state index in [0.717, 1.165) is 44.7 Å². The normalized spacial score (nSPS) is 23.3. The zero-order valence-electron chi connectivity index (χ0n) is 11.0. The summed E-state index contributed by atoms with van der Waals surface area (Å²) in [4.78, 5) is 9.39. The van der Waals surface area contributed by atoms with Crippen LogP contribution in [0.3, 0.4) is 0 Å². The Kier molecular flexibility index (Phi) is 4.23. The third-order valence-corrected chi connectivity index (χ3v) is 3.41. The lowest BCUT2D eigenvalue weighted by Gasteiger charge is -2.36. The van der Waals surface area contributed by atoms with Crippen LogP contribution >= 0.6 is 0 Å². The molecule has 1 aliphatic heterocycles. The molecule has 0 bridgehead atoms. The highest BCUT2D eigenvalue weighted by Crippen LogP contribution is 2.27. The van der Waals surface area contributed by atoms with Crippen molar-refractivity contribution in [3.8, 4) is 0 Å². The van der Waals surface area contributed by atoms with Gasteiger partial charge in [-0.2, -0.15) is 0 Å². The monoisotopic (exact) mass is 239 g/mol. The van der Waals surface area contributed by atoms with Crippen LogP contribution < -0.4 is 11.3 Å². The van der Waals surface area contributed by atoms with Gasteiger partial charge >= 0.3 is 0 Å². The van der Waals surface area contributed by atoms with Crippen molar-refractivity contribution in [1.82, 2.24) is 15.2 Å². The van der Waals surface area contributed by atoms with Crippen molar-refractivity contribution in [2.75, 3.05) is 32.7 Å². The van der Waals surface area contributed by atoms with Gasteiger partial charge in [-0.25, -0.2) is 5.84 Å². The van der Waals surface area contributed by atoms with Crippen molar-refractivity contribution >= 4 is 5.96 Å². The lowest BCUT2D eigenvalue weighted by atomic mass is 10.2. The number of rotatable bonds is 3. The molecule has 98 valence electrons. The van der Waals surface area contributed by atoms with E-state index < -0.39 is 0 Å². The van der Waals surface area contributed by atoms with E-state index in [4.69, 9.17) is 5.84 Å². The SMILES string of the molecule is CC(C)CN=C(NN)N1CCN(C2CC2)CC1. The topological polar surface area (TPSA) is 56.9 Å². The van der Waals surface area contributed by atoms with Crippen LogP contribution in [0, 0.1) is 5.92 Å². The van der Waals surface area contributed by atoms with Crippen LogP contribution in [0.2, 0.25) is 0 Å². The molecule has 5 heteroatoms. The Morgan fingerprint density at radius 2 is 1.94 bits per heavy atom. The van der Waals surface area contributed by atoms with Gasteiger partial charge in [-0.15, -0.1) is 0 Å². The van der Waals surface area contributed by atoms with E-state index in [1.54, 1.807) is 0 Å². The second-order valence-electron chi connectivity index (χ2n) is 5.46. The number of piperazine rings is 1. The minimum atomic E-state index is 0.575. The van der Waals surface area contributed by atoms with Crippen LogP contribution in [0.4, 0.5) is 0 Å². The van der Waals surface area contributed by atoms with Crippen LogP contribution in [0.15, 0.2) is 4.99 Å². The zero-order valence-corrected chi connectivity index (χ0v) is 11.0. The van der Waals surface area contributed by atoms with Gasteiger partial charge in [-0.3, -0.25) is 15.3 Å². The van der Waals surface area contributed by atoms with Crippen molar-refractivity contribution in [2.24, 2.45) is 16.8 Å². The van der Waals surface area contributed by atoms with Crippen LogP contribution in [0.1, 0.15) is 26.7 Å². The molecule has 0 aromatic heterocycles. The van der Waals surface area contributed by atoms with Crippen LogP contribution in [0.25, 0.3) is 0 Å². The predicted molar refractivity (Wildman–Crippen MR) is 70.6 cm³/mol. The van der Waals surface area contributed by atoms with Crippen molar-refractivity contribution < 1.29 is 0 Å². The number of hydrogen-bond donors (Lipinski definition) is 2. The summed E-state index contributed by atoms with van der Waals surface area (Å²) in [5.41, 5.74) is 2.74. The first-order chi connectivity index (χ1) is 8.20. The summed E-state index contributed by atoms with van der Waals surface area (Å²) in [5.74, 6) is 6.99. The van der Waals surface area contributed by atoms with Crippen molar-refractivity contribution in [2.45, 2.75) is 32.7 Å². The van der Waals surface area contributed by atoms with E-state index in [0.29, 0.717) is 5.92 Å². The molecule has 0 aromatic carbocycles. The summed E-state index contributed by atoms with van der Waals surface area (Å²) >= 11 is 0. The molecule has 1 aliphatic carbocycles. The van der Waals surface area contributed by atoms with Crippen LogP contribution in [-0.2, 0) is 0 Å². The fourth-order valence-electron chi connectivity index (χ4n) is 2.24. The molecule has 3 N–H and O–H groups in total. The third kappa shape index (κ3) is 3.57. The molecule has 0 amide bonds. The summed E-state index contributed by atoms with van der Waals surface area (Å²) < 4.78 is 0. The Hall–Kier alpha value is -0.810. The number of nitrogens with zero attached hydrogens (tertiary/aromatic N) is 3. The summed E-state index contributed by atoms with van der Waals surface area (Å²) in [5, 5.41) is 0. The van der Waals surface area contributed by atoms with Gasteiger partial charge < -0.3 is 4.90 Å². The van der Waals surface area contributed by atoms with Gasteiger partial charge in [0.25, 0.3) is 0 Å². The maximum Gasteiger partial charge on any atom is 0.208 e. The highest BCUT2D eigenvalue weighted by molar-refractivity contribution is 5.79. The molecule has 2 aliphatic rings. The quantitative estimate of drug-likeness (QED) is 0.321. The summed E-state index contributed by atoms with van der Waals surface area (Å²) in [6.07, 6.45) is 2.78. The first kappa shape index (κ1) is 12.6. The number of guanidine groups is 1.